The van der Waals surface area contributed by atoms with E-state index in [9.17, 15) is 14.4 Å². The van der Waals surface area contributed by atoms with Crippen molar-refractivity contribution in [1.82, 2.24) is 15.2 Å². The van der Waals surface area contributed by atoms with Crippen LogP contribution in [-0.4, -0.2) is 66.0 Å². The molecule has 2 aliphatic rings. The van der Waals surface area contributed by atoms with Crippen molar-refractivity contribution in [2.45, 2.75) is 26.2 Å². The van der Waals surface area contributed by atoms with Crippen molar-refractivity contribution < 1.29 is 19.1 Å². The second kappa shape index (κ2) is 8.66. The standard InChI is InChI=1S/C19H24N4O4/c1-14-4-2-5-15(12-14)27-13-18(25)22-8-3-9-23(11-10-22)19(26)16-6-7-17(24)21-20-16/h2,4-5,12H,3,6-11,13H2,1H3,(H,21,24). The molecule has 0 aromatic heterocycles. The number of hydrazone groups is 1. The van der Waals surface area contributed by atoms with E-state index in [1.54, 1.807) is 9.80 Å². The van der Waals surface area contributed by atoms with Crippen molar-refractivity contribution in [1.29, 1.82) is 0 Å². The van der Waals surface area contributed by atoms with Gasteiger partial charge in [-0.1, -0.05) is 12.1 Å². The fraction of sp³-hybridized carbons (Fsp3) is 0.474. The molecule has 0 unspecified atom stereocenters. The van der Waals surface area contributed by atoms with Crippen LogP contribution in [0.2, 0.25) is 0 Å². The number of nitrogens with zero attached hydrogens (tertiary/aromatic N) is 3. The smallest absolute Gasteiger partial charge is 0.270 e. The maximum absolute atomic E-state index is 12.5. The van der Waals surface area contributed by atoms with E-state index in [2.05, 4.69) is 10.5 Å². The SMILES string of the molecule is Cc1cccc(OCC(=O)N2CCCN(C(=O)C3=NNC(=O)CC3)CC2)c1. The molecule has 8 heteroatoms. The molecule has 1 saturated heterocycles. The Morgan fingerprint density at radius 3 is 2.67 bits per heavy atom. The van der Waals surface area contributed by atoms with Crippen LogP contribution in [0, 0.1) is 6.92 Å². The number of amides is 3. The Morgan fingerprint density at radius 2 is 1.93 bits per heavy atom. The largest absolute Gasteiger partial charge is 0.484 e. The third-order valence-electron chi connectivity index (χ3n) is 4.64. The van der Waals surface area contributed by atoms with Crippen LogP contribution in [0.4, 0.5) is 0 Å². The lowest BCUT2D eigenvalue weighted by molar-refractivity contribution is -0.133. The highest BCUT2D eigenvalue weighted by atomic mass is 16.5. The van der Waals surface area contributed by atoms with E-state index in [0.29, 0.717) is 50.5 Å². The van der Waals surface area contributed by atoms with Gasteiger partial charge in [0.25, 0.3) is 11.8 Å². The number of ether oxygens (including phenoxy) is 1. The highest BCUT2D eigenvalue weighted by Gasteiger charge is 2.26. The van der Waals surface area contributed by atoms with Gasteiger partial charge in [-0.3, -0.25) is 14.4 Å². The summed E-state index contributed by atoms with van der Waals surface area (Å²) in [5, 5.41) is 3.87. The van der Waals surface area contributed by atoms with E-state index in [4.69, 9.17) is 4.74 Å². The zero-order valence-corrected chi connectivity index (χ0v) is 15.4. The van der Waals surface area contributed by atoms with Crippen LogP contribution in [0.3, 0.4) is 0 Å². The van der Waals surface area contributed by atoms with Crippen LogP contribution < -0.4 is 10.2 Å². The van der Waals surface area contributed by atoms with Crippen molar-refractivity contribution in [3.63, 3.8) is 0 Å². The van der Waals surface area contributed by atoms with Crippen LogP contribution in [0.5, 0.6) is 5.75 Å². The molecule has 27 heavy (non-hydrogen) atoms. The summed E-state index contributed by atoms with van der Waals surface area (Å²) in [6, 6.07) is 7.57. The zero-order valence-electron chi connectivity index (χ0n) is 15.4. The average Bonchev–Trinajstić information content (AvgIpc) is 2.92. The zero-order chi connectivity index (χ0) is 19.2. The lowest BCUT2D eigenvalue weighted by Gasteiger charge is -2.23. The summed E-state index contributed by atoms with van der Waals surface area (Å²) in [5.41, 5.74) is 3.80. The molecule has 0 atom stereocenters. The molecule has 1 aromatic rings. The number of aryl methyl sites for hydroxylation is 1. The molecule has 2 heterocycles. The molecule has 1 fully saturated rings. The second-order valence-corrected chi connectivity index (χ2v) is 6.73. The molecule has 144 valence electrons. The van der Waals surface area contributed by atoms with E-state index in [1.165, 1.54) is 0 Å². The summed E-state index contributed by atoms with van der Waals surface area (Å²) in [4.78, 5) is 39.6. The van der Waals surface area contributed by atoms with Crippen molar-refractivity contribution >= 4 is 23.4 Å². The van der Waals surface area contributed by atoms with Crippen molar-refractivity contribution in [3.05, 3.63) is 29.8 Å². The first kappa shape index (κ1) is 18.9. The minimum Gasteiger partial charge on any atom is -0.484 e. The summed E-state index contributed by atoms with van der Waals surface area (Å²) in [7, 11) is 0. The molecule has 3 rings (SSSR count). The van der Waals surface area contributed by atoms with Crippen molar-refractivity contribution in [3.8, 4) is 5.75 Å². The predicted molar refractivity (Wildman–Crippen MR) is 99.3 cm³/mol. The molecule has 0 saturated carbocycles. The first-order chi connectivity index (χ1) is 13.0. The molecule has 0 spiro atoms. The molecular formula is C19H24N4O4. The van der Waals surface area contributed by atoms with Gasteiger partial charge >= 0.3 is 0 Å². The third-order valence-corrected chi connectivity index (χ3v) is 4.64. The molecule has 0 radical (unpaired) electrons. The Labute approximate surface area is 158 Å². The van der Waals surface area contributed by atoms with Gasteiger partial charge in [-0.2, -0.15) is 5.10 Å². The Bertz CT molecular complexity index is 762. The lowest BCUT2D eigenvalue weighted by Crippen LogP contribution is -2.43. The first-order valence-corrected chi connectivity index (χ1v) is 9.15. The average molecular weight is 372 g/mol. The Morgan fingerprint density at radius 1 is 1.15 bits per heavy atom. The van der Waals surface area contributed by atoms with Crippen LogP contribution in [0.1, 0.15) is 24.8 Å². The first-order valence-electron chi connectivity index (χ1n) is 9.15. The molecular weight excluding hydrogens is 348 g/mol. The van der Waals surface area contributed by atoms with Crippen molar-refractivity contribution in [2.24, 2.45) is 5.10 Å². The van der Waals surface area contributed by atoms with E-state index in [1.807, 2.05) is 31.2 Å². The third kappa shape index (κ3) is 5.06. The van der Waals surface area contributed by atoms with E-state index in [0.717, 1.165) is 5.56 Å². The fourth-order valence-corrected chi connectivity index (χ4v) is 3.12. The fourth-order valence-electron chi connectivity index (χ4n) is 3.12. The summed E-state index contributed by atoms with van der Waals surface area (Å²) >= 11 is 0. The predicted octanol–water partition coefficient (Wildman–Crippen LogP) is 0.701. The van der Waals surface area contributed by atoms with Crippen LogP contribution >= 0.6 is 0 Å². The van der Waals surface area contributed by atoms with Gasteiger partial charge in [0, 0.05) is 39.0 Å². The van der Waals surface area contributed by atoms with Gasteiger partial charge in [0.2, 0.25) is 5.91 Å². The molecule has 0 bridgehead atoms. The highest BCUT2D eigenvalue weighted by Crippen LogP contribution is 2.13. The van der Waals surface area contributed by atoms with Crippen LogP contribution in [0.15, 0.2) is 29.4 Å². The number of hydrogen-bond acceptors (Lipinski definition) is 5. The van der Waals surface area contributed by atoms with E-state index in [-0.39, 0.29) is 30.7 Å². The molecule has 1 N–H and O–H groups in total. The van der Waals surface area contributed by atoms with Gasteiger partial charge in [0.1, 0.15) is 11.5 Å². The van der Waals surface area contributed by atoms with Crippen molar-refractivity contribution in [2.75, 3.05) is 32.8 Å². The van der Waals surface area contributed by atoms with Gasteiger partial charge < -0.3 is 14.5 Å². The topological polar surface area (TPSA) is 91.3 Å². The highest BCUT2D eigenvalue weighted by molar-refractivity contribution is 6.39. The van der Waals surface area contributed by atoms with Crippen LogP contribution in [0.25, 0.3) is 0 Å². The number of rotatable bonds is 4. The number of nitrogens with one attached hydrogen (secondary N) is 1. The Balaban J connectivity index is 1.51. The van der Waals surface area contributed by atoms with Gasteiger partial charge in [-0.05, 0) is 31.0 Å². The van der Waals surface area contributed by atoms with E-state index >= 15 is 0 Å². The Kier molecular flexibility index (Phi) is 6.05. The summed E-state index contributed by atoms with van der Waals surface area (Å²) in [5.74, 6) is 0.244. The Hall–Kier alpha value is -2.90. The molecule has 3 amide bonds. The van der Waals surface area contributed by atoms with Crippen LogP contribution in [-0.2, 0) is 14.4 Å². The quantitative estimate of drug-likeness (QED) is 0.842. The minimum absolute atomic E-state index is 0.0177. The summed E-state index contributed by atoms with van der Waals surface area (Å²) in [6.45, 7) is 4.01. The summed E-state index contributed by atoms with van der Waals surface area (Å²) < 4.78 is 5.59. The number of carbonyl (C=O) groups excluding carboxylic acids is 3. The maximum Gasteiger partial charge on any atom is 0.270 e. The number of benzene rings is 1. The monoisotopic (exact) mass is 372 g/mol. The number of hydrogen-bond donors (Lipinski definition) is 1. The number of carbonyl (C=O) groups is 3. The maximum atomic E-state index is 12.5. The second-order valence-electron chi connectivity index (χ2n) is 6.73. The lowest BCUT2D eigenvalue weighted by atomic mass is 10.1. The molecule has 2 aliphatic heterocycles. The van der Waals surface area contributed by atoms with Gasteiger partial charge in [-0.15, -0.1) is 0 Å². The molecule has 0 aliphatic carbocycles. The van der Waals surface area contributed by atoms with E-state index < -0.39 is 0 Å². The minimum atomic E-state index is -0.173. The summed E-state index contributed by atoms with van der Waals surface area (Å²) in [6.07, 6.45) is 1.33. The molecule has 1 aromatic carbocycles. The normalized spacial score (nSPS) is 17.7. The van der Waals surface area contributed by atoms with Gasteiger partial charge in [0.05, 0.1) is 0 Å². The molecule has 8 nitrogen and oxygen atoms in total. The van der Waals surface area contributed by atoms with Gasteiger partial charge in [-0.25, -0.2) is 5.43 Å². The van der Waals surface area contributed by atoms with Gasteiger partial charge in [0.15, 0.2) is 6.61 Å².